The molecule has 0 atom stereocenters. The number of hydrogen-bond donors (Lipinski definition) is 1. The number of hydrogen-bond acceptors (Lipinski definition) is 5. The van der Waals surface area contributed by atoms with Crippen LogP contribution in [0.15, 0.2) is 42.5 Å². The van der Waals surface area contributed by atoms with E-state index in [-0.39, 0.29) is 17.0 Å². The van der Waals surface area contributed by atoms with Crippen molar-refractivity contribution in [2.45, 2.75) is 33.0 Å². The summed E-state index contributed by atoms with van der Waals surface area (Å²) >= 11 is 0. The molecule has 0 aliphatic heterocycles. The van der Waals surface area contributed by atoms with Crippen LogP contribution in [-0.2, 0) is 12.7 Å². The summed E-state index contributed by atoms with van der Waals surface area (Å²) in [4.78, 5) is 16.8. The van der Waals surface area contributed by atoms with Crippen molar-refractivity contribution in [3.8, 4) is 17.0 Å². The number of aryl methyl sites for hydroxylation is 3. The van der Waals surface area contributed by atoms with Gasteiger partial charge in [0.15, 0.2) is 17.0 Å². The van der Waals surface area contributed by atoms with E-state index in [9.17, 15) is 18.0 Å². The fourth-order valence-electron chi connectivity index (χ4n) is 3.62. The lowest BCUT2D eigenvalue weighted by atomic mass is 10.1. The molecule has 0 fully saturated rings. The fraction of sp³-hybridized carbons (Fsp3) is 0.304. The molecule has 1 N–H and O–H groups in total. The van der Waals surface area contributed by atoms with Gasteiger partial charge in [0.2, 0.25) is 0 Å². The monoisotopic (exact) mass is 472 g/mol. The lowest BCUT2D eigenvalue weighted by Gasteiger charge is -2.11. The van der Waals surface area contributed by atoms with Gasteiger partial charge in [-0.1, -0.05) is 0 Å². The highest BCUT2D eigenvalue weighted by molar-refractivity contribution is 5.93. The minimum absolute atomic E-state index is 0.0755. The molecule has 1 amide bonds. The van der Waals surface area contributed by atoms with Crippen LogP contribution >= 0.6 is 0 Å². The lowest BCUT2D eigenvalue weighted by molar-refractivity contribution is -0.142. The fourth-order valence-corrected chi connectivity index (χ4v) is 3.62. The van der Waals surface area contributed by atoms with Crippen molar-refractivity contribution < 1.29 is 22.7 Å². The van der Waals surface area contributed by atoms with Crippen molar-refractivity contribution in [1.82, 2.24) is 29.7 Å². The molecule has 3 heterocycles. The third-order valence-corrected chi connectivity index (χ3v) is 5.27. The van der Waals surface area contributed by atoms with Gasteiger partial charge in [-0.25, -0.2) is 9.50 Å². The minimum atomic E-state index is -4.69. The van der Waals surface area contributed by atoms with E-state index in [4.69, 9.17) is 4.74 Å². The molecule has 34 heavy (non-hydrogen) atoms. The Bertz CT molecular complexity index is 1330. The first kappa shape index (κ1) is 23.3. The zero-order chi connectivity index (χ0) is 24.5. The highest BCUT2D eigenvalue weighted by Gasteiger charge is 2.35. The largest absolute Gasteiger partial charge is 0.497 e. The summed E-state index contributed by atoms with van der Waals surface area (Å²) in [6.45, 7) is 4.77. The number of nitrogens with zero attached hydrogens (tertiary/aromatic N) is 5. The van der Waals surface area contributed by atoms with Crippen molar-refractivity contribution in [3.63, 3.8) is 0 Å². The van der Waals surface area contributed by atoms with Gasteiger partial charge in [-0.2, -0.15) is 23.4 Å². The van der Waals surface area contributed by atoms with E-state index in [1.807, 2.05) is 24.6 Å². The standard InChI is InChI=1S/C23H23F3N6O2/c1-14-11-15(2)31(29-14)10-4-9-27-22(33)19-13-21-28-18(16-5-7-17(34-3)8-6-16)12-20(23(24,25)26)32(21)30-19/h5-8,11-13H,4,9-10H2,1-3H3,(H,27,33). The van der Waals surface area contributed by atoms with Gasteiger partial charge in [0.05, 0.1) is 18.5 Å². The molecule has 0 aliphatic rings. The molecule has 0 saturated carbocycles. The van der Waals surface area contributed by atoms with Crippen molar-refractivity contribution in [2.24, 2.45) is 0 Å². The van der Waals surface area contributed by atoms with Gasteiger partial charge in [0, 0.05) is 30.4 Å². The number of amides is 1. The Morgan fingerprint density at radius 1 is 1.09 bits per heavy atom. The molecule has 0 aliphatic carbocycles. The summed E-state index contributed by atoms with van der Waals surface area (Å²) in [6, 6.07) is 10.6. The molecule has 1 aromatic carbocycles. The third-order valence-electron chi connectivity index (χ3n) is 5.27. The van der Waals surface area contributed by atoms with Gasteiger partial charge >= 0.3 is 6.18 Å². The Morgan fingerprint density at radius 2 is 1.82 bits per heavy atom. The first-order chi connectivity index (χ1) is 16.2. The number of alkyl halides is 3. The SMILES string of the molecule is COc1ccc(-c2cc(C(F)(F)F)n3nc(C(=O)NCCCn4nc(C)cc4C)cc3n2)cc1. The number of rotatable bonds is 7. The molecule has 0 spiro atoms. The van der Waals surface area contributed by atoms with Crippen LogP contribution < -0.4 is 10.1 Å². The summed E-state index contributed by atoms with van der Waals surface area (Å²) < 4.78 is 48.9. The van der Waals surface area contributed by atoms with Crippen LogP contribution in [0, 0.1) is 13.8 Å². The van der Waals surface area contributed by atoms with Gasteiger partial charge < -0.3 is 10.1 Å². The molecular formula is C23H23F3N6O2. The number of aromatic nitrogens is 5. The Hall–Kier alpha value is -3.89. The quantitative estimate of drug-likeness (QED) is 0.410. The van der Waals surface area contributed by atoms with Crippen molar-refractivity contribution in [3.05, 3.63) is 65.2 Å². The van der Waals surface area contributed by atoms with E-state index in [1.165, 1.54) is 13.2 Å². The van der Waals surface area contributed by atoms with E-state index in [0.717, 1.165) is 17.5 Å². The van der Waals surface area contributed by atoms with E-state index in [2.05, 4.69) is 20.5 Å². The third kappa shape index (κ3) is 4.87. The second kappa shape index (κ2) is 9.16. The second-order valence-corrected chi connectivity index (χ2v) is 7.81. The number of methoxy groups -OCH3 is 1. The van der Waals surface area contributed by atoms with Crippen molar-refractivity contribution in [1.29, 1.82) is 0 Å². The predicted octanol–water partition coefficient (Wildman–Crippen LogP) is 4.06. The van der Waals surface area contributed by atoms with Gasteiger partial charge in [0.1, 0.15) is 5.75 Å². The van der Waals surface area contributed by atoms with E-state index >= 15 is 0 Å². The molecule has 8 nitrogen and oxygen atoms in total. The number of carbonyl (C=O) groups excluding carboxylic acids is 1. The Morgan fingerprint density at radius 3 is 2.44 bits per heavy atom. The number of fused-ring (bicyclic) bond motifs is 1. The number of ether oxygens (including phenoxy) is 1. The van der Waals surface area contributed by atoms with Crippen LogP contribution in [0.4, 0.5) is 13.2 Å². The maximum absolute atomic E-state index is 13.8. The summed E-state index contributed by atoms with van der Waals surface area (Å²) in [6.07, 6.45) is -4.09. The van der Waals surface area contributed by atoms with Crippen molar-refractivity contribution in [2.75, 3.05) is 13.7 Å². The zero-order valence-electron chi connectivity index (χ0n) is 18.8. The van der Waals surface area contributed by atoms with Crippen LogP contribution in [0.25, 0.3) is 16.9 Å². The summed E-state index contributed by atoms with van der Waals surface area (Å²) in [5.41, 5.74) is 1.27. The minimum Gasteiger partial charge on any atom is -0.497 e. The number of nitrogens with one attached hydrogen (secondary N) is 1. The van der Waals surface area contributed by atoms with Gasteiger partial charge in [-0.3, -0.25) is 9.48 Å². The van der Waals surface area contributed by atoms with Gasteiger partial charge in [-0.15, -0.1) is 0 Å². The number of carbonyl (C=O) groups is 1. The Balaban J connectivity index is 1.55. The number of halogens is 3. The van der Waals surface area contributed by atoms with Gasteiger partial charge in [-0.05, 0) is 56.7 Å². The summed E-state index contributed by atoms with van der Waals surface area (Å²) in [5.74, 6) is 0.0000228. The van der Waals surface area contributed by atoms with Crippen LogP contribution in [-0.4, -0.2) is 43.9 Å². The predicted molar refractivity (Wildman–Crippen MR) is 119 cm³/mol. The van der Waals surface area contributed by atoms with E-state index in [1.54, 1.807) is 24.3 Å². The van der Waals surface area contributed by atoms with Crippen LogP contribution in [0.2, 0.25) is 0 Å². The molecule has 0 radical (unpaired) electrons. The van der Waals surface area contributed by atoms with Gasteiger partial charge in [0.25, 0.3) is 5.91 Å². The molecular weight excluding hydrogens is 449 g/mol. The molecule has 0 bridgehead atoms. The lowest BCUT2D eigenvalue weighted by Crippen LogP contribution is -2.26. The molecule has 4 rings (SSSR count). The van der Waals surface area contributed by atoms with Crippen LogP contribution in [0.5, 0.6) is 5.75 Å². The van der Waals surface area contributed by atoms with E-state index in [0.29, 0.717) is 35.3 Å². The highest BCUT2D eigenvalue weighted by Crippen LogP contribution is 2.32. The Kier molecular flexibility index (Phi) is 6.27. The maximum Gasteiger partial charge on any atom is 0.433 e. The molecule has 0 unspecified atom stereocenters. The Labute approximate surface area is 193 Å². The van der Waals surface area contributed by atoms with Crippen LogP contribution in [0.3, 0.4) is 0 Å². The highest BCUT2D eigenvalue weighted by atomic mass is 19.4. The summed E-state index contributed by atoms with van der Waals surface area (Å²) in [5, 5.41) is 10.9. The average Bonchev–Trinajstić information content (AvgIpc) is 3.37. The first-order valence-corrected chi connectivity index (χ1v) is 10.6. The molecule has 0 saturated heterocycles. The normalized spacial score (nSPS) is 11.7. The average molecular weight is 472 g/mol. The van der Waals surface area contributed by atoms with E-state index < -0.39 is 17.8 Å². The maximum atomic E-state index is 13.8. The second-order valence-electron chi connectivity index (χ2n) is 7.81. The topological polar surface area (TPSA) is 86.3 Å². The zero-order valence-corrected chi connectivity index (χ0v) is 18.8. The smallest absolute Gasteiger partial charge is 0.433 e. The first-order valence-electron chi connectivity index (χ1n) is 10.6. The molecule has 178 valence electrons. The van der Waals surface area contributed by atoms with Crippen LogP contribution in [0.1, 0.15) is 34.0 Å². The summed E-state index contributed by atoms with van der Waals surface area (Å²) in [7, 11) is 1.50. The van der Waals surface area contributed by atoms with Crippen molar-refractivity contribution >= 4 is 11.6 Å². The molecule has 11 heteroatoms. The molecule has 4 aromatic rings. The number of benzene rings is 1. The molecule has 3 aromatic heterocycles.